The number of nitrogens with zero attached hydrogens (tertiary/aromatic N) is 2. The normalized spacial score (nSPS) is 21.5. The Morgan fingerprint density at radius 3 is 2.78 bits per heavy atom. The quantitative estimate of drug-likeness (QED) is 0.913. The molecule has 5 nitrogen and oxygen atoms in total. The number of hydrogen-bond donors (Lipinski definition) is 1. The maximum atomic E-state index is 12.3. The molecular weight excluding hydrogens is 314 g/mol. The molecule has 1 fully saturated rings. The Bertz CT molecular complexity index is 551. The molecule has 2 amide bonds. The topological polar surface area (TPSA) is 46.5 Å². The average molecular weight is 342 g/mol. The third kappa shape index (κ3) is 4.64. The number of nitrogens with one attached hydrogen (secondary N) is 1. The Hall–Kier alpha value is -1.20. The number of aryl methyl sites for hydroxylation is 1. The number of amides is 2. The molecule has 1 saturated heterocycles. The Morgan fingerprint density at radius 2 is 2.22 bits per heavy atom. The van der Waals surface area contributed by atoms with Crippen LogP contribution in [0, 0.1) is 11.3 Å². The fraction of sp³-hybridized carbons (Fsp3) is 0.706. The second kappa shape index (κ2) is 7.14. The van der Waals surface area contributed by atoms with Crippen molar-refractivity contribution in [1.82, 2.24) is 14.8 Å². The summed E-state index contributed by atoms with van der Waals surface area (Å²) in [6, 6.07) is 1.81. The van der Waals surface area contributed by atoms with Crippen LogP contribution in [0.5, 0.6) is 0 Å². The van der Waals surface area contributed by atoms with E-state index in [2.05, 4.69) is 26.1 Å². The number of halogens is 1. The summed E-state index contributed by atoms with van der Waals surface area (Å²) in [6.07, 6.45) is 3.03. The van der Waals surface area contributed by atoms with Gasteiger partial charge in [-0.3, -0.25) is 0 Å². The van der Waals surface area contributed by atoms with Crippen LogP contribution in [0.3, 0.4) is 0 Å². The van der Waals surface area contributed by atoms with Crippen LogP contribution in [0.25, 0.3) is 0 Å². The first-order valence-electron chi connectivity index (χ1n) is 8.10. The van der Waals surface area contributed by atoms with Gasteiger partial charge in [-0.25, -0.2) is 4.79 Å². The Balaban J connectivity index is 1.85. The van der Waals surface area contributed by atoms with Crippen LogP contribution in [0.1, 0.15) is 32.9 Å². The molecule has 0 aromatic carbocycles. The van der Waals surface area contributed by atoms with Gasteiger partial charge in [0, 0.05) is 45.1 Å². The maximum Gasteiger partial charge on any atom is 0.317 e. The van der Waals surface area contributed by atoms with E-state index in [0.717, 1.165) is 18.7 Å². The largest absolute Gasteiger partial charge is 0.377 e. The van der Waals surface area contributed by atoms with Crippen molar-refractivity contribution in [1.29, 1.82) is 0 Å². The van der Waals surface area contributed by atoms with Crippen LogP contribution in [-0.2, 0) is 18.3 Å². The van der Waals surface area contributed by atoms with E-state index in [1.54, 1.807) is 11.9 Å². The van der Waals surface area contributed by atoms with E-state index >= 15 is 0 Å². The number of carbonyl (C=O) groups excluding carboxylic acids is 1. The van der Waals surface area contributed by atoms with Crippen molar-refractivity contribution in [3.05, 3.63) is 23.0 Å². The highest BCUT2D eigenvalue weighted by molar-refractivity contribution is 6.30. The van der Waals surface area contributed by atoms with Crippen LogP contribution >= 0.6 is 11.6 Å². The molecule has 1 aromatic heterocycles. The molecule has 6 heteroatoms. The monoisotopic (exact) mass is 341 g/mol. The number of ether oxygens (including phenoxy) is 1. The van der Waals surface area contributed by atoms with Gasteiger partial charge in [0.05, 0.1) is 17.7 Å². The molecule has 0 bridgehead atoms. The highest BCUT2D eigenvalue weighted by Gasteiger charge is 2.37. The van der Waals surface area contributed by atoms with Crippen LogP contribution in [0.2, 0.25) is 5.02 Å². The molecule has 0 aliphatic carbocycles. The molecule has 1 aliphatic rings. The molecule has 0 radical (unpaired) electrons. The van der Waals surface area contributed by atoms with Gasteiger partial charge in [0.2, 0.25) is 0 Å². The smallest absolute Gasteiger partial charge is 0.317 e. The minimum Gasteiger partial charge on any atom is -0.377 e. The molecule has 2 atom stereocenters. The third-order valence-corrected chi connectivity index (χ3v) is 4.61. The molecular formula is C17H28ClN3O2. The van der Waals surface area contributed by atoms with Gasteiger partial charge in [-0.15, -0.1) is 0 Å². The van der Waals surface area contributed by atoms with Gasteiger partial charge in [-0.1, -0.05) is 32.4 Å². The first-order chi connectivity index (χ1) is 10.7. The lowest BCUT2D eigenvalue weighted by Crippen LogP contribution is -2.43. The van der Waals surface area contributed by atoms with E-state index < -0.39 is 0 Å². The molecule has 0 saturated carbocycles. The molecule has 2 rings (SSSR count). The molecule has 1 aromatic rings. The zero-order chi connectivity index (χ0) is 17.2. The van der Waals surface area contributed by atoms with Gasteiger partial charge >= 0.3 is 6.03 Å². The van der Waals surface area contributed by atoms with Gasteiger partial charge in [0.1, 0.15) is 0 Å². The van der Waals surface area contributed by atoms with Crippen molar-refractivity contribution in [3.63, 3.8) is 0 Å². The Morgan fingerprint density at radius 1 is 1.52 bits per heavy atom. The number of hydrogen-bond acceptors (Lipinski definition) is 2. The van der Waals surface area contributed by atoms with Crippen molar-refractivity contribution in [2.24, 2.45) is 18.4 Å². The SMILES string of the molecule is CN(Cc1cc(Cl)cn1C)C(=O)NCC1CCOC1C(C)(C)C. The lowest BCUT2D eigenvalue weighted by Gasteiger charge is -2.31. The predicted molar refractivity (Wildman–Crippen MR) is 92.6 cm³/mol. The number of urea groups is 1. The summed E-state index contributed by atoms with van der Waals surface area (Å²) in [5.74, 6) is 0.372. The van der Waals surface area contributed by atoms with Crippen molar-refractivity contribution in [3.8, 4) is 0 Å². The summed E-state index contributed by atoms with van der Waals surface area (Å²) in [5.41, 5.74) is 1.10. The standard InChI is InChI=1S/C17H28ClN3O2/c1-17(2,3)15-12(6-7-23-15)9-19-16(22)21(5)11-14-8-13(18)10-20(14)4/h8,10,12,15H,6-7,9,11H2,1-5H3,(H,19,22). The number of carbonyl (C=O) groups is 1. The Kier molecular flexibility index (Phi) is 5.63. The van der Waals surface area contributed by atoms with Crippen molar-refractivity contribution >= 4 is 17.6 Å². The van der Waals surface area contributed by atoms with Crippen LogP contribution < -0.4 is 5.32 Å². The zero-order valence-corrected chi connectivity index (χ0v) is 15.5. The highest BCUT2D eigenvalue weighted by atomic mass is 35.5. The summed E-state index contributed by atoms with van der Waals surface area (Å²) < 4.78 is 7.79. The second-order valence-corrected chi connectivity index (χ2v) is 7.95. The molecule has 2 heterocycles. The molecule has 130 valence electrons. The summed E-state index contributed by atoms with van der Waals surface area (Å²) >= 11 is 5.98. The predicted octanol–water partition coefficient (Wildman–Crippen LogP) is 3.27. The summed E-state index contributed by atoms with van der Waals surface area (Å²) in [6.45, 7) is 8.51. The molecule has 1 N–H and O–H groups in total. The van der Waals surface area contributed by atoms with E-state index in [1.807, 2.05) is 23.9 Å². The molecule has 0 spiro atoms. The van der Waals surface area contributed by atoms with E-state index in [9.17, 15) is 4.79 Å². The summed E-state index contributed by atoms with van der Waals surface area (Å²) in [7, 11) is 3.72. The lowest BCUT2D eigenvalue weighted by molar-refractivity contribution is 0.00757. The lowest BCUT2D eigenvalue weighted by atomic mass is 9.81. The van der Waals surface area contributed by atoms with Crippen molar-refractivity contribution in [2.75, 3.05) is 20.2 Å². The third-order valence-electron chi connectivity index (χ3n) is 4.40. The zero-order valence-electron chi connectivity index (χ0n) is 14.7. The van der Waals surface area contributed by atoms with E-state index in [-0.39, 0.29) is 17.6 Å². The van der Waals surface area contributed by atoms with Gasteiger partial charge in [0.15, 0.2) is 0 Å². The summed E-state index contributed by atoms with van der Waals surface area (Å²) in [4.78, 5) is 14.0. The highest BCUT2D eigenvalue weighted by Crippen LogP contribution is 2.34. The fourth-order valence-electron chi connectivity index (χ4n) is 3.19. The molecule has 2 unspecified atom stereocenters. The average Bonchev–Trinajstić information content (AvgIpc) is 3.02. The van der Waals surface area contributed by atoms with Gasteiger partial charge in [0.25, 0.3) is 0 Å². The first kappa shape index (κ1) is 18.1. The number of aromatic nitrogens is 1. The molecule has 23 heavy (non-hydrogen) atoms. The van der Waals surface area contributed by atoms with E-state index in [0.29, 0.717) is 24.0 Å². The minimum atomic E-state index is -0.0677. The van der Waals surface area contributed by atoms with Gasteiger partial charge < -0.3 is 19.5 Å². The van der Waals surface area contributed by atoms with E-state index in [1.165, 1.54) is 0 Å². The minimum absolute atomic E-state index is 0.0677. The second-order valence-electron chi connectivity index (χ2n) is 7.51. The fourth-order valence-corrected chi connectivity index (χ4v) is 3.46. The van der Waals surface area contributed by atoms with Gasteiger partial charge in [-0.05, 0) is 17.9 Å². The van der Waals surface area contributed by atoms with Crippen molar-refractivity contribution < 1.29 is 9.53 Å². The van der Waals surface area contributed by atoms with Crippen LogP contribution in [0.15, 0.2) is 12.3 Å². The van der Waals surface area contributed by atoms with E-state index in [4.69, 9.17) is 16.3 Å². The Labute approximate surface area is 143 Å². The summed E-state index contributed by atoms with van der Waals surface area (Å²) in [5, 5.41) is 3.73. The van der Waals surface area contributed by atoms with Crippen LogP contribution in [0.4, 0.5) is 4.79 Å². The molecule has 1 aliphatic heterocycles. The maximum absolute atomic E-state index is 12.3. The van der Waals surface area contributed by atoms with Crippen LogP contribution in [-0.4, -0.2) is 41.8 Å². The van der Waals surface area contributed by atoms with Gasteiger partial charge in [-0.2, -0.15) is 0 Å². The first-order valence-corrected chi connectivity index (χ1v) is 8.47. The van der Waals surface area contributed by atoms with Crippen molar-refractivity contribution in [2.45, 2.75) is 39.8 Å². The number of rotatable bonds is 4.